The third kappa shape index (κ3) is 4.44. The van der Waals surface area contributed by atoms with Gasteiger partial charge in [-0.3, -0.25) is 9.59 Å². The molecule has 0 spiro atoms. The van der Waals surface area contributed by atoms with Crippen molar-refractivity contribution in [2.24, 2.45) is 0 Å². The average Bonchev–Trinajstić information content (AvgIpc) is 3.07. The van der Waals surface area contributed by atoms with Crippen LogP contribution in [-0.4, -0.2) is 21.6 Å². The Bertz CT molecular complexity index is 1260. The first-order chi connectivity index (χ1) is 15.0. The maximum atomic E-state index is 12.8. The number of fused-ring (bicyclic) bond motifs is 3. The van der Waals surface area contributed by atoms with Crippen molar-refractivity contribution in [2.75, 3.05) is 10.6 Å². The Morgan fingerprint density at radius 1 is 0.903 bits per heavy atom. The number of amides is 2. The second kappa shape index (κ2) is 8.86. The van der Waals surface area contributed by atoms with Crippen LogP contribution in [0, 0.1) is 0 Å². The third-order valence-electron chi connectivity index (χ3n) is 5.21. The number of thioether (sulfide) groups is 1. The van der Waals surface area contributed by atoms with Gasteiger partial charge >= 0.3 is 0 Å². The summed E-state index contributed by atoms with van der Waals surface area (Å²) in [6.07, 6.45) is 0. The molecule has 0 bridgehead atoms. The summed E-state index contributed by atoms with van der Waals surface area (Å²) in [4.78, 5) is 24.9. The van der Waals surface area contributed by atoms with E-state index in [1.165, 1.54) is 35.1 Å². The zero-order chi connectivity index (χ0) is 22.0. The van der Waals surface area contributed by atoms with Gasteiger partial charge in [0.2, 0.25) is 11.8 Å². The number of carbonyl (C=O) groups is 2. The molecule has 2 N–H and O–H groups in total. The van der Waals surface area contributed by atoms with Gasteiger partial charge < -0.3 is 15.2 Å². The first-order valence-electron chi connectivity index (χ1n) is 10.3. The molecule has 5 nitrogen and oxygen atoms in total. The minimum absolute atomic E-state index is 0.0467. The molecule has 158 valence electrons. The van der Waals surface area contributed by atoms with Gasteiger partial charge in [0.1, 0.15) is 0 Å². The Labute approximate surface area is 185 Å². The fourth-order valence-electron chi connectivity index (χ4n) is 3.79. The molecule has 0 aliphatic carbocycles. The van der Waals surface area contributed by atoms with Crippen LogP contribution in [0.5, 0.6) is 0 Å². The fourth-order valence-corrected chi connectivity index (χ4v) is 4.66. The van der Waals surface area contributed by atoms with E-state index in [4.69, 9.17) is 0 Å². The molecular weight excluding hydrogens is 406 g/mol. The highest BCUT2D eigenvalue weighted by molar-refractivity contribution is 8.00. The highest BCUT2D eigenvalue weighted by Crippen LogP contribution is 2.31. The van der Waals surface area contributed by atoms with Gasteiger partial charge in [0.15, 0.2) is 0 Å². The van der Waals surface area contributed by atoms with Crippen molar-refractivity contribution in [3.63, 3.8) is 0 Å². The van der Waals surface area contributed by atoms with Crippen LogP contribution in [0.1, 0.15) is 20.8 Å². The lowest BCUT2D eigenvalue weighted by molar-refractivity contribution is -0.115. The number of hydrogen-bond acceptors (Lipinski definition) is 3. The van der Waals surface area contributed by atoms with E-state index in [0.29, 0.717) is 0 Å². The quantitative estimate of drug-likeness (QED) is 0.374. The summed E-state index contributed by atoms with van der Waals surface area (Å²) in [6, 6.07) is 21.9. The highest BCUT2D eigenvalue weighted by atomic mass is 32.2. The van der Waals surface area contributed by atoms with Crippen molar-refractivity contribution in [2.45, 2.75) is 37.5 Å². The van der Waals surface area contributed by atoms with Gasteiger partial charge in [-0.05, 0) is 62.4 Å². The molecule has 0 aliphatic heterocycles. The topological polar surface area (TPSA) is 63.1 Å². The summed E-state index contributed by atoms with van der Waals surface area (Å²) in [6.45, 7) is 6.41. The summed E-state index contributed by atoms with van der Waals surface area (Å²) in [5.74, 6) is -0.151. The van der Waals surface area contributed by atoms with Crippen molar-refractivity contribution < 1.29 is 9.59 Å². The maximum Gasteiger partial charge on any atom is 0.237 e. The summed E-state index contributed by atoms with van der Waals surface area (Å²) in [7, 11) is 0. The van der Waals surface area contributed by atoms with Crippen molar-refractivity contribution in [3.05, 3.63) is 66.7 Å². The van der Waals surface area contributed by atoms with E-state index in [2.05, 4.69) is 52.5 Å². The molecule has 1 atom stereocenters. The number of carbonyl (C=O) groups excluding carboxylic acids is 2. The molecule has 4 aromatic rings. The highest BCUT2D eigenvalue weighted by Gasteiger charge is 2.16. The number of para-hydroxylation sites is 1. The lowest BCUT2D eigenvalue weighted by Gasteiger charge is -2.13. The van der Waals surface area contributed by atoms with Crippen LogP contribution in [0.3, 0.4) is 0 Å². The van der Waals surface area contributed by atoms with Crippen LogP contribution < -0.4 is 10.6 Å². The van der Waals surface area contributed by atoms with E-state index in [-0.39, 0.29) is 17.1 Å². The van der Waals surface area contributed by atoms with E-state index >= 15 is 0 Å². The van der Waals surface area contributed by atoms with Crippen molar-refractivity contribution >= 4 is 56.8 Å². The molecule has 6 heteroatoms. The summed E-state index contributed by atoms with van der Waals surface area (Å²) in [5, 5.41) is 7.87. The molecule has 0 radical (unpaired) electrons. The number of aryl methyl sites for hydroxylation is 1. The number of hydrogen-bond donors (Lipinski definition) is 2. The maximum absolute atomic E-state index is 12.8. The SMILES string of the molecule is CCn1c2ccccc2c2cc(NC(=O)C(C)Sc3ccc(NC(C)=O)cc3)ccc21. The van der Waals surface area contributed by atoms with Crippen LogP contribution in [0.2, 0.25) is 0 Å². The number of benzene rings is 3. The molecule has 1 unspecified atom stereocenters. The Balaban J connectivity index is 1.50. The zero-order valence-electron chi connectivity index (χ0n) is 17.8. The first-order valence-corrected chi connectivity index (χ1v) is 11.2. The first kappa shape index (κ1) is 21.0. The summed E-state index contributed by atoms with van der Waals surface area (Å²) in [5.41, 5.74) is 3.91. The van der Waals surface area contributed by atoms with Gasteiger partial charge in [0.25, 0.3) is 0 Å². The normalized spacial score (nSPS) is 12.1. The Kier molecular flexibility index (Phi) is 6.00. The fraction of sp³-hybridized carbons (Fsp3) is 0.200. The number of anilines is 2. The summed E-state index contributed by atoms with van der Waals surface area (Å²) < 4.78 is 2.29. The summed E-state index contributed by atoms with van der Waals surface area (Å²) >= 11 is 1.48. The molecule has 31 heavy (non-hydrogen) atoms. The third-order valence-corrected chi connectivity index (χ3v) is 6.32. The lowest BCUT2D eigenvalue weighted by Crippen LogP contribution is -2.22. The van der Waals surface area contributed by atoms with Gasteiger partial charge in [-0.1, -0.05) is 18.2 Å². The van der Waals surface area contributed by atoms with E-state index < -0.39 is 0 Å². The second-order valence-electron chi connectivity index (χ2n) is 7.45. The van der Waals surface area contributed by atoms with Crippen LogP contribution in [0.25, 0.3) is 21.8 Å². The van der Waals surface area contributed by atoms with Crippen LogP contribution >= 0.6 is 11.8 Å². The minimum atomic E-state index is -0.265. The lowest BCUT2D eigenvalue weighted by atomic mass is 10.1. The molecule has 4 rings (SSSR count). The van der Waals surface area contributed by atoms with Gasteiger partial charge in [0.05, 0.1) is 5.25 Å². The number of aromatic nitrogens is 1. The van der Waals surface area contributed by atoms with Crippen LogP contribution in [0.4, 0.5) is 11.4 Å². The Hall–Kier alpha value is -3.25. The van der Waals surface area contributed by atoms with Gasteiger partial charge in [-0.25, -0.2) is 0 Å². The Morgan fingerprint density at radius 2 is 1.58 bits per heavy atom. The van der Waals surface area contributed by atoms with Crippen LogP contribution in [0.15, 0.2) is 71.6 Å². The van der Waals surface area contributed by atoms with Crippen molar-refractivity contribution in [1.29, 1.82) is 0 Å². The standard InChI is InChI=1S/C25H25N3O2S/c1-4-28-23-8-6-5-7-21(23)22-15-19(11-14-24(22)28)27-25(30)16(2)31-20-12-9-18(10-13-20)26-17(3)29/h5-16H,4H2,1-3H3,(H,26,29)(H,27,30). The van der Waals surface area contributed by atoms with Crippen molar-refractivity contribution in [1.82, 2.24) is 4.57 Å². The van der Waals surface area contributed by atoms with E-state index in [1.807, 2.05) is 43.3 Å². The number of rotatable bonds is 6. The number of nitrogens with zero attached hydrogens (tertiary/aromatic N) is 1. The largest absolute Gasteiger partial charge is 0.341 e. The second-order valence-corrected chi connectivity index (χ2v) is 8.86. The zero-order valence-corrected chi connectivity index (χ0v) is 18.6. The Morgan fingerprint density at radius 3 is 2.29 bits per heavy atom. The van der Waals surface area contributed by atoms with Crippen molar-refractivity contribution in [3.8, 4) is 0 Å². The minimum Gasteiger partial charge on any atom is -0.341 e. The molecule has 0 saturated heterocycles. The van der Waals surface area contributed by atoms with E-state index in [0.717, 1.165) is 28.2 Å². The van der Waals surface area contributed by atoms with E-state index in [1.54, 1.807) is 0 Å². The predicted molar refractivity (Wildman–Crippen MR) is 130 cm³/mol. The molecular formula is C25H25N3O2S. The van der Waals surface area contributed by atoms with Gasteiger partial charge in [-0.15, -0.1) is 11.8 Å². The molecule has 2 amide bonds. The molecule has 3 aromatic carbocycles. The molecule has 1 heterocycles. The molecule has 0 aliphatic rings. The van der Waals surface area contributed by atoms with Gasteiger partial charge in [0, 0.05) is 51.5 Å². The monoisotopic (exact) mass is 431 g/mol. The van der Waals surface area contributed by atoms with Gasteiger partial charge in [-0.2, -0.15) is 0 Å². The van der Waals surface area contributed by atoms with Crippen LogP contribution in [-0.2, 0) is 16.1 Å². The smallest absolute Gasteiger partial charge is 0.237 e. The predicted octanol–water partition coefficient (Wildman–Crippen LogP) is 5.89. The molecule has 0 fully saturated rings. The molecule has 0 saturated carbocycles. The average molecular weight is 432 g/mol. The number of nitrogens with one attached hydrogen (secondary N) is 2. The molecule has 1 aromatic heterocycles. The van der Waals surface area contributed by atoms with E-state index in [9.17, 15) is 9.59 Å².